The Hall–Kier alpha value is -1.74. The lowest BCUT2D eigenvalue weighted by Gasteiger charge is -1.98. The van der Waals surface area contributed by atoms with Crippen LogP contribution in [0.25, 0.3) is 0 Å². The third-order valence-corrected chi connectivity index (χ3v) is 1.72. The van der Waals surface area contributed by atoms with Crippen molar-refractivity contribution in [3.05, 3.63) is 33.6 Å². The summed E-state index contributed by atoms with van der Waals surface area (Å²) in [6.07, 6.45) is 0. The number of aromatic hydroxyl groups is 1. The molecule has 0 atom stereocenters. The minimum absolute atomic E-state index is 0.131. The zero-order valence-electron chi connectivity index (χ0n) is 7.40. The molecule has 0 saturated heterocycles. The highest BCUT2D eigenvalue weighted by Gasteiger charge is 2.16. The zero-order chi connectivity index (χ0) is 11.4. The van der Waals surface area contributed by atoms with Crippen molar-refractivity contribution in [3.8, 4) is 17.6 Å². The molecule has 0 aliphatic heterocycles. The SMILES string of the molecule is O=[N+]([O-])c1cc(C#CCS)c(F)cc1O. The Morgan fingerprint density at radius 1 is 1.60 bits per heavy atom. The first kappa shape index (κ1) is 11.3. The van der Waals surface area contributed by atoms with Crippen molar-refractivity contribution in [3.63, 3.8) is 0 Å². The highest BCUT2D eigenvalue weighted by Crippen LogP contribution is 2.28. The Kier molecular flexibility index (Phi) is 3.52. The lowest BCUT2D eigenvalue weighted by atomic mass is 10.2. The van der Waals surface area contributed by atoms with E-state index in [1.54, 1.807) is 0 Å². The highest BCUT2D eigenvalue weighted by molar-refractivity contribution is 7.80. The topological polar surface area (TPSA) is 63.4 Å². The number of phenolic OH excluding ortho intramolecular Hbond substituents is 1. The largest absolute Gasteiger partial charge is 0.502 e. The fourth-order valence-corrected chi connectivity index (χ4v) is 1.01. The Bertz CT molecular complexity index is 464. The van der Waals surface area contributed by atoms with Gasteiger partial charge in [-0.3, -0.25) is 10.1 Å². The van der Waals surface area contributed by atoms with Crippen LogP contribution in [0.2, 0.25) is 0 Å². The quantitative estimate of drug-likeness (QED) is 0.332. The second kappa shape index (κ2) is 4.66. The van der Waals surface area contributed by atoms with E-state index < -0.39 is 22.2 Å². The van der Waals surface area contributed by atoms with Crippen molar-refractivity contribution >= 4 is 18.3 Å². The maximum atomic E-state index is 13.1. The molecule has 0 radical (unpaired) electrons. The summed E-state index contributed by atoms with van der Waals surface area (Å²) in [4.78, 5) is 9.61. The molecule has 0 heterocycles. The Balaban J connectivity index is 3.29. The zero-order valence-corrected chi connectivity index (χ0v) is 8.29. The van der Waals surface area contributed by atoms with E-state index in [0.717, 1.165) is 6.07 Å². The third-order valence-electron chi connectivity index (χ3n) is 1.56. The van der Waals surface area contributed by atoms with Crippen LogP contribution in [0.15, 0.2) is 12.1 Å². The smallest absolute Gasteiger partial charge is 0.312 e. The van der Waals surface area contributed by atoms with Gasteiger partial charge in [0, 0.05) is 12.1 Å². The molecule has 1 aromatic carbocycles. The molecule has 15 heavy (non-hydrogen) atoms. The van der Waals surface area contributed by atoms with Gasteiger partial charge in [0.25, 0.3) is 0 Å². The molecule has 0 fully saturated rings. The van der Waals surface area contributed by atoms with E-state index >= 15 is 0 Å². The second-order valence-corrected chi connectivity index (χ2v) is 2.85. The van der Waals surface area contributed by atoms with Crippen LogP contribution in [0.4, 0.5) is 10.1 Å². The first-order valence-corrected chi connectivity index (χ1v) is 4.46. The van der Waals surface area contributed by atoms with Crippen molar-refractivity contribution in [1.82, 2.24) is 0 Å². The molecule has 6 heteroatoms. The molecule has 0 saturated carbocycles. The van der Waals surface area contributed by atoms with Gasteiger partial charge in [-0.05, 0) is 0 Å². The number of nitro benzene ring substituents is 1. The summed E-state index contributed by atoms with van der Waals surface area (Å²) in [5, 5.41) is 19.5. The predicted octanol–water partition coefficient (Wildman–Crippen LogP) is 1.72. The van der Waals surface area contributed by atoms with Gasteiger partial charge in [-0.15, -0.1) is 0 Å². The monoisotopic (exact) mass is 227 g/mol. The molecule has 0 unspecified atom stereocenters. The van der Waals surface area contributed by atoms with Crippen LogP contribution in [0.3, 0.4) is 0 Å². The molecule has 0 aliphatic carbocycles. The molecule has 0 bridgehead atoms. The molecule has 0 amide bonds. The van der Waals surface area contributed by atoms with E-state index in [4.69, 9.17) is 5.11 Å². The van der Waals surface area contributed by atoms with Crippen LogP contribution in [0.1, 0.15) is 5.56 Å². The van der Waals surface area contributed by atoms with Gasteiger partial charge in [0.2, 0.25) is 0 Å². The van der Waals surface area contributed by atoms with E-state index in [1.165, 1.54) is 0 Å². The maximum absolute atomic E-state index is 13.1. The number of halogens is 1. The number of nitro groups is 1. The standard InChI is InChI=1S/C9H6FNO3S/c10-7-5-9(12)8(11(13)14)4-6(7)2-1-3-15/h4-5,12,15H,3H2. The molecule has 1 N–H and O–H groups in total. The van der Waals surface area contributed by atoms with Gasteiger partial charge in [-0.1, -0.05) is 11.8 Å². The van der Waals surface area contributed by atoms with E-state index in [1.807, 2.05) is 0 Å². The Morgan fingerprint density at radius 3 is 2.80 bits per heavy atom. The summed E-state index contributed by atoms with van der Waals surface area (Å²) in [6, 6.07) is 1.56. The summed E-state index contributed by atoms with van der Waals surface area (Å²) in [5.41, 5.74) is -0.701. The van der Waals surface area contributed by atoms with Gasteiger partial charge >= 0.3 is 5.69 Å². The molecular formula is C9H6FNO3S. The molecule has 1 rings (SSSR count). The van der Waals surface area contributed by atoms with Crippen LogP contribution in [0, 0.1) is 27.8 Å². The van der Waals surface area contributed by atoms with Gasteiger partial charge in [-0.2, -0.15) is 12.6 Å². The van der Waals surface area contributed by atoms with Crippen molar-refractivity contribution < 1.29 is 14.4 Å². The van der Waals surface area contributed by atoms with E-state index in [9.17, 15) is 14.5 Å². The van der Waals surface area contributed by atoms with Crippen molar-refractivity contribution in [1.29, 1.82) is 0 Å². The van der Waals surface area contributed by atoms with E-state index in [2.05, 4.69) is 24.5 Å². The van der Waals surface area contributed by atoms with Crippen molar-refractivity contribution in [2.24, 2.45) is 0 Å². The number of thiol groups is 1. The number of phenols is 1. The highest BCUT2D eigenvalue weighted by atomic mass is 32.1. The summed E-state index contributed by atoms with van der Waals surface area (Å²) in [6.45, 7) is 0. The van der Waals surface area contributed by atoms with Gasteiger partial charge in [-0.25, -0.2) is 4.39 Å². The summed E-state index contributed by atoms with van der Waals surface area (Å²) < 4.78 is 13.1. The predicted molar refractivity (Wildman–Crippen MR) is 55.5 cm³/mol. The molecular weight excluding hydrogens is 221 g/mol. The van der Waals surface area contributed by atoms with Crippen LogP contribution < -0.4 is 0 Å². The fraction of sp³-hybridized carbons (Fsp3) is 0.111. The lowest BCUT2D eigenvalue weighted by Crippen LogP contribution is -1.92. The average Bonchev–Trinajstić information content (AvgIpc) is 2.16. The molecule has 0 aliphatic rings. The first-order chi connectivity index (χ1) is 7.06. The molecule has 1 aromatic rings. The number of hydrogen-bond donors (Lipinski definition) is 2. The van der Waals surface area contributed by atoms with Crippen LogP contribution in [0.5, 0.6) is 5.75 Å². The van der Waals surface area contributed by atoms with Crippen LogP contribution in [-0.4, -0.2) is 15.8 Å². The van der Waals surface area contributed by atoms with Gasteiger partial charge in [0.05, 0.1) is 16.2 Å². The Labute approximate surface area is 90.3 Å². The minimum atomic E-state index is -0.805. The van der Waals surface area contributed by atoms with Gasteiger partial charge in [0.15, 0.2) is 5.75 Å². The number of hydrogen-bond acceptors (Lipinski definition) is 4. The first-order valence-electron chi connectivity index (χ1n) is 3.83. The molecule has 78 valence electrons. The molecule has 0 spiro atoms. The molecule has 4 nitrogen and oxygen atoms in total. The minimum Gasteiger partial charge on any atom is -0.502 e. The third kappa shape index (κ3) is 2.60. The number of nitrogens with zero attached hydrogens (tertiary/aromatic N) is 1. The van der Waals surface area contributed by atoms with E-state index in [-0.39, 0.29) is 11.3 Å². The summed E-state index contributed by atoms with van der Waals surface area (Å²) in [5.74, 6) is 3.53. The lowest BCUT2D eigenvalue weighted by molar-refractivity contribution is -0.385. The van der Waals surface area contributed by atoms with Gasteiger partial charge in [0.1, 0.15) is 5.82 Å². The molecule has 0 aromatic heterocycles. The number of benzene rings is 1. The normalized spacial score (nSPS) is 9.20. The maximum Gasteiger partial charge on any atom is 0.312 e. The average molecular weight is 227 g/mol. The van der Waals surface area contributed by atoms with Crippen molar-refractivity contribution in [2.45, 2.75) is 0 Å². The van der Waals surface area contributed by atoms with Crippen molar-refractivity contribution in [2.75, 3.05) is 5.75 Å². The fourth-order valence-electron chi connectivity index (χ4n) is 0.928. The van der Waals surface area contributed by atoms with Crippen LogP contribution in [-0.2, 0) is 0 Å². The van der Waals surface area contributed by atoms with Crippen LogP contribution >= 0.6 is 12.6 Å². The number of rotatable bonds is 1. The van der Waals surface area contributed by atoms with Gasteiger partial charge < -0.3 is 5.11 Å². The Morgan fingerprint density at radius 2 is 2.27 bits per heavy atom. The summed E-state index contributed by atoms with van der Waals surface area (Å²) >= 11 is 3.79. The second-order valence-electron chi connectivity index (χ2n) is 2.54. The summed E-state index contributed by atoms with van der Waals surface area (Å²) in [7, 11) is 0. The van der Waals surface area contributed by atoms with E-state index in [0.29, 0.717) is 6.07 Å².